The monoisotopic (exact) mass is 383 g/mol. The summed E-state index contributed by atoms with van der Waals surface area (Å²) in [4.78, 5) is 46.4. The normalized spacial score (nSPS) is 14.1. The first-order valence-corrected chi connectivity index (χ1v) is 8.96. The van der Waals surface area contributed by atoms with Gasteiger partial charge in [0.15, 0.2) is 0 Å². The van der Waals surface area contributed by atoms with Crippen molar-refractivity contribution in [3.8, 4) is 0 Å². The Bertz CT molecular complexity index is 538. The molecule has 3 N–H and O–H groups in total. The van der Waals surface area contributed by atoms with Gasteiger partial charge in [-0.25, -0.2) is 0 Å². The number of hydrogen-bond donors (Lipinski definition) is 2. The minimum absolute atomic E-state index is 0.0719. The van der Waals surface area contributed by atoms with Gasteiger partial charge < -0.3 is 20.6 Å². The fourth-order valence-electron chi connectivity index (χ4n) is 2.23. The van der Waals surface area contributed by atoms with E-state index in [9.17, 15) is 19.2 Å². The number of imide groups is 1. The number of ether oxygens (including phenoxy) is 1. The molecule has 0 fully saturated rings. The number of carbonyl (C=O) groups excluding carboxylic acids is 4. The third kappa shape index (κ3) is 10.0. The van der Waals surface area contributed by atoms with Gasteiger partial charge in [0.2, 0.25) is 5.91 Å². The molecule has 3 amide bonds. The van der Waals surface area contributed by atoms with Crippen molar-refractivity contribution in [2.45, 2.75) is 40.5 Å². The molecule has 1 aliphatic heterocycles. The lowest BCUT2D eigenvalue weighted by molar-refractivity contribution is -0.137. The van der Waals surface area contributed by atoms with Crippen molar-refractivity contribution in [1.29, 1.82) is 0 Å². The molecule has 0 spiro atoms. The summed E-state index contributed by atoms with van der Waals surface area (Å²) in [5, 5.41) is 2.80. The van der Waals surface area contributed by atoms with Crippen molar-refractivity contribution in [2.75, 3.05) is 33.4 Å². The van der Waals surface area contributed by atoms with Crippen LogP contribution in [0.3, 0.4) is 0 Å². The van der Waals surface area contributed by atoms with E-state index in [4.69, 9.17) is 4.74 Å². The van der Waals surface area contributed by atoms with Gasteiger partial charge in [-0.05, 0) is 12.5 Å². The van der Waals surface area contributed by atoms with Crippen LogP contribution in [0.5, 0.6) is 0 Å². The smallest absolute Gasteiger partial charge is 0.253 e. The molecule has 0 unspecified atom stereocenters. The molecule has 0 saturated carbocycles. The van der Waals surface area contributed by atoms with Crippen LogP contribution >= 0.6 is 0 Å². The van der Waals surface area contributed by atoms with E-state index in [2.05, 4.69) is 11.1 Å². The van der Waals surface area contributed by atoms with E-state index in [0.717, 1.165) is 11.2 Å². The van der Waals surface area contributed by atoms with Gasteiger partial charge in [0.05, 0.1) is 13.2 Å². The summed E-state index contributed by atoms with van der Waals surface area (Å²) in [6, 6.07) is 0. The maximum atomic E-state index is 11.9. The maximum absolute atomic E-state index is 11.9. The minimum Gasteiger partial charge on any atom is -0.380 e. The molecule has 0 saturated heterocycles. The number of hydrogen-bond acceptors (Lipinski definition) is 6. The highest BCUT2D eigenvalue weighted by Gasteiger charge is 2.25. The molecule has 0 atom stereocenters. The molecule has 1 rings (SSSR count). The van der Waals surface area contributed by atoms with Crippen LogP contribution in [0.25, 0.3) is 0 Å². The van der Waals surface area contributed by atoms with Crippen molar-refractivity contribution in [2.24, 2.45) is 16.6 Å². The zero-order valence-electron chi connectivity index (χ0n) is 17.0. The van der Waals surface area contributed by atoms with Crippen LogP contribution < -0.4 is 11.1 Å². The number of amides is 3. The maximum Gasteiger partial charge on any atom is 0.253 e. The Kier molecular flexibility index (Phi) is 10.7. The molecule has 1 heterocycles. The number of aldehydes is 1. The average Bonchev–Trinajstić information content (AvgIpc) is 2.91. The zero-order valence-corrected chi connectivity index (χ0v) is 17.0. The molecule has 1 aliphatic rings. The molecular weight excluding hydrogens is 350 g/mol. The summed E-state index contributed by atoms with van der Waals surface area (Å²) in [5.41, 5.74) is 4.03. The fourth-order valence-corrected chi connectivity index (χ4v) is 2.23. The third-order valence-electron chi connectivity index (χ3n) is 3.85. The van der Waals surface area contributed by atoms with E-state index >= 15 is 0 Å². The lowest BCUT2D eigenvalue weighted by Gasteiger charge is -2.28. The predicted molar refractivity (Wildman–Crippen MR) is 103 cm³/mol. The fraction of sp³-hybridized carbons (Fsp3) is 0.684. The van der Waals surface area contributed by atoms with Crippen LogP contribution in [-0.2, 0) is 23.9 Å². The largest absolute Gasteiger partial charge is 0.380 e. The molecule has 8 nitrogen and oxygen atoms in total. The first-order chi connectivity index (χ1) is 12.6. The Morgan fingerprint density at radius 3 is 2.15 bits per heavy atom. The molecule has 154 valence electrons. The lowest BCUT2D eigenvalue weighted by Crippen LogP contribution is -2.39. The van der Waals surface area contributed by atoms with E-state index < -0.39 is 0 Å². The first-order valence-electron chi connectivity index (χ1n) is 8.96. The molecule has 27 heavy (non-hydrogen) atoms. The quantitative estimate of drug-likeness (QED) is 0.399. The third-order valence-corrected chi connectivity index (χ3v) is 3.85. The van der Waals surface area contributed by atoms with Gasteiger partial charge in [-0.1, -0.05) is 27.7 Å². The van der Waals surface area contributed by atoms with Crippen LogP contribution in [0.15, 0.2) is 12.2 Å². The summed E-state index contributed by atoms with van der Waals surface area (Å²) in [5.74, 6) is -0.990. The van der Waals surface area contributed by atoms with Crippen molar-refractivity contribution < 1.29 is 23.9 Å². The van der Waals surface area contributed by atoms with Crippen LogP contribution in [0.4, 0.5) is 0 Å². The standard InChI is InChI=1S/C18H28N2O5.CH5N/c1-17(2,8-10-21)12-25-13-18(3,4)11-19-14(22)7-9-20-15(23)5-6-16(20)24;1-2/h5-6,10H,7-9,11-13H2,1-4H3,(H,19,22);2H2,1H3. The number of carbonyl (C=O) groups is 4. The Morgan fingerprint density at radius 2 is 1.63 bits per heavy atom. The van der Waals surface area contributed by atoms with E-state index in [-0.39, 0.29) is 41.5 Å². The van der Waals surface area contributed by atoms with Gasteiger partial charge in [-0.15, -0.1) is 0 Å². The van der Waals surface area contributed by atoms with Crippen molar-refractivity contribution in [3.05, 3.63) is 12.2 Å². The Labute approximate surface area is 161 Å². The average molecular weight is 383 g/mol. The number of nitrogens with one attached hydrogen (secondary N) is 1. The summed E-state index contributed by atoms with van der Waals surface area (Å²) in [7, 11) is 1.50. The van der Waals surface area contributed by atoms with Crippen LogP contribution in [0.1, 0.15) is 40.5 Å². The first kappa shape index (κ1) is 24.9. The number of rotatable bonds is 11. The van der Waals surface area contributed by atoms with E-state index in [1.165, 1.54) is 19.2 Å². The van der Waals surface area contributed by atoms with Gasteiger partial charge in [-0.3, -0.25) is 19.3 Å². The van der Waals surface area contributed by atoms with Gasteiger partial charge in [-0.2, -0.15) is 0 Å². The molecule has 8 heteroatoms. The highest BCUT2D eigenvalue weighted by molar-refractivity contribution is 6.13. The van der Waals surface area contributed by atoms with Gasteiger partial charge >= 0.3 is 0 Å². The van der Waals surface area contributed by atoms with E-state index in [1.807, 2.05) is 27.7 Å². The molecule has 0 aromatic carbocycles. The highest BCUT2D eigenvalue weighted by Crippen LogP contribution is 2.21. The molecule has 0 bridgehead atoms. The topological polar surface area (TPSA) is 119 Å². The second-order valence-electron chi connectivity index (χ2n) is 7.88. The summed E-state index contributed by atoms with van der Waals surface area (Å²) < 4.78 is 5.70. The van der Waals surface area contributed by atoms with E-state index in [1.54, 1.807) is 0 Å². The van der Waals surface area contributed by atoms with Crippen molar-refractivity contribution in [1.82, 2.24) is 10.2 Å². The minimum atomic E-state index is -0.385. The Morgan fingerprint density at radius 1 is 1.11 bits per heavy atom. The number of nitrogens with zero attached hydrogens (tertiary/aromatic N) is 1. The Balaban J connectivity index is 0.00000326. The SMILES string of the molecule is CC(C)(CC=O)COCC(C)(C)CNC(=O)CCN1C(=O)C=CC1=O.CN. The second-order valence-corrected chi connectivity index (χ2v) is 7.88. The predicted octanol–water partition coefficient (Wildman–Crippen LogP) is 0.651. The van der Waals surface area contributed by atoms with Crippen molar-refractivity contribution >= 4 is 24.0 Å². The second kappa shape index (κ2) is 11.6. The van der Waals surface area contributed by atoms with E-state index in [0.29, 0.717) is 26.2 Å². The summed E-state index contributed by atoms with van der Waals surface area (Å²) in [6.07, 6.45) is 3.80. The zero-order chi connectivity index (χ0) is 21.1. The van der Waals surface area contributed by atoms with Gasteiger partial charge in [0.1, 0.15) is 6.29 Å². The van der Waals surface area contributed by atoms with Crippen LogP contribution in [-0.4, -0.2) is 62.3 Å². The number of nitrogens with two attached hydrogens (primary N) is 1. The summed E-state index contributed by atoms with van der Waals surface area (Å²) >= 11 is 0. The molecular formula is C19H33N3O5. The molecule has 0 aromatic rings. The summed E-state index contributed by atoms with van der Waals surface area (Å²) in [6.45, 7) is 9.28. The molecule has 0 aliphatic carbocycles. The van der Waals surface area contributed by atoms with Crippen molar-refractivity contribution in [3.63, 3.8) is 0 Å². The Hall–Kier alpha value is -2.06. The van der Waals surface area contributed by atoms with Gasteiger partial charge in [0, 0.05) is 43.5 Å². The molecule has 0 radical (unpaired) electrons. The highest BCUT2D eigenvalue weighted by atomic mass is 16.5. The van der Waals surface area contributed by atoms with Crippen LogP contribution in [0.2, 0.25) is 0 Å². The van der Waals surface area contributed by atoms with Gasteiger partial charge in [0.25, 0.3) is 11.8 Å². The molecule has 0 aromatic heterocycles. The van der Waals surface area contributed by atoms with Crippen LogP contribution in [0, 0.1) is 10.8 Å². The lowest BCUT2D eigenvalue weighted by atomic mass is 9.90.